The van der Waals surface area contributed by atoms with E-state index in [0.29, 0.717) is 44.8 Å². The van der Waals surface area contributed by atoms with Gasteiger partial charge in [0.05, 0.1) is 12.2 Å². The van der Waals surface area contributed by atoms with Crippen molar-refractivity contribution in [1.82, 2.24) is 9.80 Å². The predicted octanol–water partition coefficient (Wildman–Crippen LogP) is 1.50. The van der Waals surface area contributed by atoms with E-state index >= 15 is 0 Å². The summed E-state index contributed by atoms with van der Waals surface area (Å²) in [5, 5.41) is 0. The Balaban J connectivity index is 1.22. The molecule has 1 aromatic rings. The van der Waals surface area contributed by atoms with Gasteiger partial charge >= 0.3 is 5.97 Å². The number of ether oxygens (including phenoxy) is 1. The lowest BCUT2D eigenvalue weighted by Crippen LogP contribution is -2.51. The number of carbonyl (C=O) groups excluding carboxylic acids is 4. The molecule has 0 radical (unpaired) electrons. The smallest absolute Gasteiger partial charge is 0.309 e. The second-order valence-corrected chi connectivity index (χ2v) is 8.15. The maximum atomic E-state index is 12.4. The van der Waals surface area contributed by atoms with E-state index in [4.69, 9.17) is 9.15 Å². The molecule has 1 aromatic heterocycles. The molecule has 3 fully saturated rings. The van der Waals surface area contributed by atoms with E-state index < -0.39 is 0 Å². The average molecular weight is 402 g/mol. The maximum Gasteiger partial charge on any atom is 0.309 e. The molecular formula is C21H26N2O6. The highest BCUT2D eigenvalue weighted by molar-refractivity contribution is 5.91. The van der Waals surface area contributed by atoms with Crippen LogP contribution in [0.3, 0.4) is 0 Å². The molecule has 8 nitrogen and oxygen atoms in total. The van der Waals surface area contributed by atoms with Gasteiger partial charge in [0, 0.05) is 38.0 Å². The number of hydrogen-bond acceptors (Lipinski definition) is 6. The normalized spacial score (nSPS) is 26.9. The standard InChI is InChI=1S/C21H26N2O6/c24-18(22-6-8-23(9-7-22)20(26)17-5-2-10-28-17)13-29-21(27)16-11-14-3-1-4-15(12-16)19(14)25/h2,5,10,14-16H,1,3-4,6-9,11-13H2/t14-,15-/m0/s1. The van der Waals surface area contributed by atoms with Gasteiger partial charge in [-0.15, -0.1) is 0 Å². The zero-order valence-electron chi connectivity index (χ0n) is 16.4. The molecule has 1 aliphatic heterocycles. The van der Waals surface area contributed by atoms with Crippen molar-refractivity contribution >= 4 is 23.6 Å². The van der Waals surface area contributed by atoms with E-state index in [1.807, 2.05) is 0 Å². The van der Waals surface area contributed by atoms with Crippen molar-refractivity contribution in [2.45, 2.75) is 32.1 Å². The van der Waals surface area contributed by atoms with Crippen LogP contribution in [-0.4, -0.2) is 66.2 Å². The third kappa shape index (κ3) is 4.21. The molecule has 0 N–H and O–H groups in total. The molecule has 2 atom stereocenters. The summed E-state index contributed by atoms with van der Waals surface area (Å²) >= 11 is 0. The molecule has 2 aliphatic carbocycles. The summed E-state index contributed by atoms with van der Waals surface area (Å²) in [7, 11) is 0. The minimum Gasteiger partial charge on any atom is -0.459 e. The quantitative estimate of drug-likeness (QED) is 0.708. The molecule has 8 heteroatoms. The number of furan rings is 1. The first kappa shape index (κ1) is 19.7. The summed E-state index contributed by atoms with van der Waals surface area (Å²) in [6.45, 7) is 1.32. The highest BCUT2D eigenvalue weighted by Gasteiger charge is 2.42. The summed E-state index contributed by atoms with van der Waals surface area (Å²) in [6, 6.07) is 3.28. The SMILES string of the molecule is O=C(OCC(=O)N1CCN(C(=O)c2ccco2)CC1)C1C[C@@H]2CCC[C@@H](C1)C2=O. The van der Waals surface area contributed by atoms with Crippen LogP contribution in [0.4, 0.5) is 0 Å². The molecule has 156 valence electrons. The third-order valence-corrected chi connectivity index (χ3v) is 6.37. The minimum atomic E-state index is -0.366. The number of esters is 1. The largest absolute Gasteiger partial charge is 0.459 e. The van der Waals surface area contributed by atoms with Crippen LogP contribution in [-0.2, 0) is 19.1 Å². The third-order valence-electron chi connectivity index (χ3n) is 6.37. The van der Waals surface area contributed by atoms with Crippen molar-refractivity contribution in [1.29, 1.82) is 0 Å². The van der Waals surface area contributed by atoms with Crippen molar-refractivity contribution in [3.05, 3.63) is 24.2 Å². The number of piperazine rings is 1. The minimum absolute atomic E-state index is 0.0180. The molecule has 1 saturated heterocycles. The molecular weight excluding hydrogens is 376 g/mol. The first-order valence-corrected chi connectivity index (χ1v) is 10.3. The fraction of sp³-hybridized carbons (Fsp3) is 0.619. The number of nitrogens with zero attached hydrogens (tertiary/aromatic N) is 2. The zero-order chi connectivity index (χ0) is 20.4. The molecule has 2 amide bonds. The van der Waals surface area contributed by atoms with Crippen LogP contribution in [0, 0.1) is 17.8 Å². The van der Waals surface area contributed by atoms with Gasteiger partial charge in [0.1, 0.15) is 5.78 Å². The Morgan fingerprint density at radius 1 is 1.03 bits per heavy atom. The van der Waals surface area contributed by atoms with E-state index in [1.54, 1.807) is 21.9 Å². The lowest BCUT2D eigenvalue weighted by Gasteiger charge is -2.36. The van der Waals surface area contributed by atoms with Gasteiger partial charge in [-0.05, 0) is 37.8 Å². The van der Waals surface area contributed by atoms with Crippen molar-refractivity contribution in [2.24, 2.45) is 17.8 Å². The van der Waals surface area contributed by atoms with Gasteiger partial charge in [0.15, 0.2) is 12.4 Å². The second-order valence-electron chi connectivity index (χ2n) is 8.15. The van der Waals surface area contributed by atoms with E-state index in [1.165, 1.54) is 6.26 Å². The lowest BCUT2D eigenvalue weighted by atomic mass is 9.67. The van der Waals surface area contributed by atoms with Crippen LogP contribution < -0.4 is 0 Å². The van der Waals surface area contributed by atoms with E-state index in [2.05, 4.69) is 0 Å². The molecule has 0 unspecified atom stereocenters. The Morgan fingerprint density at radius 2 is 1.69 bits per heavy atom. The second kappa shape index (κ2) is 8.39. The molecule has 0 aromatic carbocycles. The van der Waals surface area contributed by atoms with E-state index in [9.17, 15) is 19.2 Å². The van der Waals surface area contributed by atoms with Gasteiger partial charge in [-0.1, -0.05) is 6.42 Å². The number of hydrogen-bond donors (Lipinski definition) is 0. The maximum absolute atomic E-state index is 12.4. The number of Topliss-reactive ketones (excluding diaryl/α,β-unsaturated/α-hetero) is 1. The van der Waals surface area contributed by atoms with E-state index in [0.717, 1.165) is 19.3 Å². The van der Waals surface area contributed by atoms with Crippen LogP contribution in [0.15, 0.2) is 22.8 Å². The first-order chi connectivity index (χ1) is 14.0. The summed E-state index contributed by atoms with van der Waals surface area (Å²) in [5.74, 6) is -0.534. The van der Waals surface area contributed by atoms with Crippen molar-refractivity contribution in [2.75, 3.05) is 32.8 Å². The summed E-state index contributed by atoms with van der Waals surface area (Å²) in [5.41, 5.74) is 0. The summed E-state index contributed by atoms with van der Waals surface area (Å²) in [6.07, 6.45) is 5.33. The zero-order valence-corrected chi connectivity index (χ0v) is 16.4. The number of rotatable bonds is 4. The Labute approximate surface area is 169 Å². The summed E-state index contributed by atoms with van der Waals surface area (Å²) in [4.78, 5) is 52.5. The molecule has 3 aliphatic rings. The molecule has 2 heterocycles. The Kier molecular flexibility index (Phi) is 5.69. The van der Waals surface area contributed by atoms with Crippen LogP contribution in [0.5, 0.6) is 0 Å². The number of amides is 2. The highest BCUT2D eigenvalue weighted by atomic mass is 16.5. The van der Waals surface area contributed by atoms with Crippen LogP contribution in [0.2, 0.25) is 0 Å². The van der Waals surface area contributed by atoms with Gasteiger partial charge in [-0.2, -0.15) is 0 Å². The fourth-order valence-corrected chi connectivity index (χ4v) is 4.73. The summed E-state index contributed by atoms with van der Waals surface area (Å²) < 4.78 is 10.4. The number of ketones is 1. The average Bonchev–Trinajstić information content (AvgIpc) is 3.26. The van der Waals surface area contributed by atoms with Crippen molar-refractivity contribution in [3.63, 3.8) is 0 Å². The van der Waals surface area contributed by atoms with E-state index in [-0.39, 0.29) is 47.9 Å². The Hall–Kier alpha value is -2.64. The lowest BCUT2D eigenvalue weighted by molar-refractivity contribution is -0.159. The first-order valence-electron chi connectivity index (χ1n) is 10.3. The monoisotopic (exact) mass is 402 g/mol. The van der Waals surface area contributed by atoms with Crippen LogP contribution in [0.25, 0.3) is 0 Å². The fourth-order valence-electron chi connectivity index (χ4n) is 4.73. The van der Waals surface area contributed by atoms with Crippen molar-refractivity contribution in [3.8, 4) is 0 Å². The van der Waals surface area contributed by atoms with Crippen LogP contribution in [0.1, 0.15) is 42.7 Å². The number of carbonyl (C=O) groups is 4. The molecule has 29 heavy (non-hydrogen) atoms. The Bertz CT molecular complexity index is 765. The van der Waals surface area contributed by atoms with Gasteiger partial charge in [-0.3, -0.25) is 19.2 Å². The predicted molar refractivity (Wildman–Crippen MR) is 101 cm³/mol. The molecule has 2 saturated carbocycles. The highest BCUT2D eigenvalue weighted by Crippen LogP contribution is 2.40. The molecule has 2 bridgehead atoms. The van der Waals surface area contributed by atoms with Gasteiger partial charge < -0.3 is 19.0 Å². The number of fused-ring (bicyclic) bond motifs is 2. The van der Waals surface area contributed by atoms with Crippen molar-refractivity contribution < 1.29 is 28.3 Å². The Morgan fingerprint density at radius 3 is 2.31 bits per heavy atom. The molecule has 4 rings (SSSR count). The van der Waals surface area contributed by atoms with Crippen LogP contribution >= 0.6 is 0 Å². The molecule has 0 spiro atoms. The van der Waals surface area contributed by atoms with Gasteiger partial charge in [0.2, 0.25) is 0 Å². The topological polar surface area (TPSA) is 97.1 Å². The van der Waals surface area contributed by atoms with Gasteiger partial charge in [-0.25, -0.2) is 0 Å². The van der Waals surface area contributed by atoms with Gasteiger partial charge in [0.25, 0.3) is 11.8 Å².